The second-order valence-electron chi connectivity index (χ2n) is 4.16. The van der Waals surface area contributed by atoms with E-state index in [4.69, 9.17) is 0 Å². The van der Waals surface area contributed by atoms with Crippen LogP contribution in [0.1, 0.15) is 23.4 Å². The van der Waals surface area contributed by atoms with Gasteiger partial charge in [-0.2, -0.15) is 0 Å². The summed E-state index contributed by atoms with van der Waals surface area (Å²) in [5.41, 5.74) is 0.709. The summed E-state index contributed by atoms with van der Waals surface area (Å²) in [5, 5.41) is 3.36. The van der Waals surface area contributed by atoms with E-state index in [2.05, 4.69) is 43.2 Å². The first-order valence-electron chi connectivity index (χ1n) is 6.03. The standard InChI is InChI=1S/C14H14Br2FNS/c1-2-18-12(8-9-6-7-13(16)19-9)10-4-3-5-11(15)14(10)17/h3-7,12,18H,2,8H2,1H3. The zero-order valence-corrected chi connectivity index (χ0v) is 14.4. The third-order valence-electron chi connectivity index (χ3n) is 2.84. The topological polar surface area (TPSA) is 12.0 Å². The molecule has 0 saturated heterocycles. The fraction of sp³-hybridized carbons (Fsp3) is 0.286. The van der Waals surface area contributed by atoms with Crippen LogP contribution in [0.5, 0.6) is 0 Å². The van der Waals surface area contributed by atoms with Crippen molar-refractivity contribution in [1.29, 1.82) is 0 Å². The van der Waals surface area contributed by atoms with Gasteiger partial charge in [-0.15, -0.1) is 11.3 Å². The van der Waals surface area contributed by atoms with Crippen molar-refractivity contribution in [3.63, 3.8) is 0 Å². The van der Waals surface area contributed by atoms with Gasteiger partial charge in [-0.05, 0) is 56.6 Å². The maximum atomic E-state index is 14.2. The minimum atomic E-state index is -0.177. The van der Waals surface area contributed by atoms with Gasteiger partial charge in [0.25, 0.3) is 0 Å². The highest BCUT2D eigenvalue weighted by molar-refractivity contribution is 9.11. The van der Waals surface area contributed by atoms with Crippen molar-refractivity contribution in [2.45, 2.75) is 19.4 Å². The van der Waals surface area contributed by atoms with Crippen LogP contribution in [-0.4, -0.2) is 6.54 Å². The number of nitrogens with one attached hydrogen (secondary N) is 1. The van der Waals surface area contributed by atoms with Crippen LogP contribution in [0.25, 0.3) is 0 Å². The van der Waals surface area contributed by atoms with Crippen molar-refractivity contribution >= 4 is 43.2 Å². The van der Waals surface area contributed by atoms with E-state index >= 15 is 0 Å². The summed E-state index contributed by atoms with van der Waals surface area (Å²) in [4.78, 5) is 1.23. The summed E-state index contributed by atoms with van der Waals surface area (Å²) in [7, 11) is 0. The number of hydrogen-bond donors (Lipinski definition) is 1. The number of halogens is 3. The van der Waals surface area contributed by atoms with Crippen LogP contribution in [-0.2, 0) is 6.42 Å². The molecule has 0 spiro atoms. The van der Waals surface area contributed by atoms with E-state index in [1.807, 2.05) is 25.1 Å². The molecule has 1 heterocycles. The van der Waals surface area contributed by atoms with Gasteiger partial charge in [0, 0.05) is 22.9 Å². The Hall–Kier alpha value is -0.230. The van der Waals surface area contributed by atoms with Gasteiger partial charge >= 0.3 is 0 Å². The molecule has 0 aliphatic rings. The Kier molecular flexibility index (Phi) is 5.57. The molecule has 102 valence electrons. The summed E-state index contributed by atoms with van der Waals surface area (Å²) < 4.78 is 15.8. The molecule has 0 amide bonds. The van der Waals surface area contributed by atoms with Crippen molar-refractivity contribution < 1.29 is 4.39 Å². The van der Waals surface area contributed by atoms with Crippen molar-refractivity contribution in [3.05, 3.63) is 54.8 Å². The Balaban J connectivity index is 2.26. The number of benzene rings is 1. The van der Waals surface area contributed by atoms with Crippen LogP contribution in [0, 0.1) is 5.82 Å². The maximum absolute atomic E-state index is 14.2. The Morgan fingerprint density at radius 3 is 2.68 bits per heavy atom. The van der Waals surface area contributed by atoms with E-state index in [0.29, 0.717) is 10.0 Å². The van der Waals surface area contributed by atoms with Gasteiger partial charge in [0.2, 0.25) is 0 Å². The largest absolute Gasteiger partial charge is 0.310 e. The molecule has 0 aliphatic heterocycles. The molecule has 2 aromatic rings. The molecule has 0 bridgehead atoms. The molecular weight excluding hydrogens is 393 g/mol. The molecule has 0 radical (unpaired) electrons. The van der Waals surface area contributed by atoms with Crippen molar-refractivity contribution in [2.24, 2.45) is 0 Å². The predicted molar refractivity (Wildman–Crippen MR) is 86.2 cm³/mol. The highest BCUT2D eigenvalue weighted by Crippen LogP contribution is 2.29. The van der Waals surface area contributed by atoms with E-state index in [1.165, 1.54) is 4.88 Å². The molecule has 1 aromatic carbocycles. The zero-order valence-electron chi connectivity index (χ0n) is 10.4. The van der Waals surface area contributed by atoms with Crippen LogP contribution in [0.15, 0.2) is 38.6 Å². The molecule has 0 saturated carbocycles. The van der Waals surface area contributed by atoms with Crippen molar-refractivity contribution in [2.75, 3.05) is 6.54 Å². The quantitative estimate of drug-likeness (QED) is 0.709. The van der Waals surface area contributed by atoms with Crippen molar-refractivity contribution in [1.82, 2.24) is 5.32 Å². The third kappa shape index (κ3) is 3.88. The van der Waals surface area contributed by atoms with Crippen LogP contribution >= 0.6 is 43.2 Å². The molecule has 2 rings (SSSR count). The molecule has 1 nitrogen and oxygen atoms in total. The van der Waals surface area contributed by atoms with E-state index in [-0.39, 0.29) is 11.9 Å². The van der Waals surface area contributed by atoms with Gasteiger partial charge < -0.3 is 5.32 Å². The highest BCUT2D eigenvalue weighted by atomic mass is 79.9. The summed E-state index contributed by atoms with van der Waals surface area (Å²) in [6.45, 7) is 2.84. The Bertz CT molecular complexity index is 556. The molecule has 0 aliphatic carbocycles. The van der Waals surface area contributed by atoms with Gasteiger partial charge in [0.15, 0.2) is 0 Å². The van der Waals surface area contributed by atoms with Gasteiger partial charge in [-0.25, -0.2) is 4.39 Å². The van der Waals surface area contributed by atoms with Crippen LogP contribution in [0.3, 0.4) is 0 Å². The Morgan fingerprint density at radius 2 is 2.05 bits per heavy atom. The van der Waals surface area contributed by atoms with Crippen molar-refractivity contribution in [3.8, 4) is 0 Å². The number of likely N-dealkylation sites (N-methyl/N-ethyl adjacent to an activating group) is 1. The molecule has 1 atom stereocenters. The first-order chi connectivity index (χ1) is 9.11. The first kappa shape index (κ1) is 15.2. The molecule has 1 N–H and O–H groups in total. The average molecular weight is 407 g/mol. The van der Waals surface area contributed by atoms with Gasteiger partial charge in [-0.3, -0.25) is 0 Å². The molecule has 1 unspecified atom stereocenters. The fourth-order valence-electron chi connectivity index (χ4n) is 1.99. The Morgan fingerprint density at radius 1 is 1.26 bits per heavy atom. The fourth-order valence-corrected chi connectivity index (χ4v) is 3.90. The van der Waals surface area contributed by atoms with E-state index in [0.717, 1.165) is 16.8 Å². The third-order valence-corrected chi connectivity index (χ3v) is 5.10. The maximum Gasteiger partial charge on any atom is 0.142 e. The minimum Gasteiger partial charge on any atom is -0.310 e. The van der Waals surface area contributed by atoms with Gasteiger partial charge in [0.1, 0.15) is 5.82 Å². The molecular formula is C14H14Br2FNS. The van der Waals surface area contributed by atoms with E-state index in [1.54, 1.807) is 17.4 Å². The molecule has 1 aromatic heterocycles. The molecule has 5 heteroatoms. The summed E-state index contributed by atoms with van der Waals surface area (Å²) in [5.74, 6) is -0.177. The first-order valence-corrected chi connectivity index (χ1v) is 8.43. The van der Waals surface area contributed by atoms with E-state index < -0.39 is 0 Å². The SMILES string of the molecule is CCNC(Cc1ccc(Br)s1)c1cccc(Br)c1F. The lowest BCUT2D eigenvalue weighted by atomic mass is 10.0. The summed E-state index contributed by atoms with van der Waals surface area (Å²) >= 11 is 8.40. The summed E-state index contributed by atoms with van der Waals surface area (Å²) in [6, 6.07) is 9.54. The number of thiophene rings is 1. The lowest BCUT2D eigenvalue weighted by molar-refractivity contribution is 0.510. The van der Waals surface area contributed by atoms with E-state index in [9.17, 15) is 4.39 Å². The summed E-state index contributed by atoms with van der Waals surface area (Å²) in [6.07, 6.45) is 0.789. The molecule has 19 heavy (non-hydrogen) atoms. The van der Waals surface area contributed by atoms with Crippen LogP contribution < -0.4 is 5.32 Å². The Labute approximate surface area is 133 Å². The second-order valence-corrected chi connectivity index (χ2v) is 7.57. The predicted octanol–water partition coefficient (Wildman–Crippen LogP) is 5.31. The zero-order chi connectivity index (χ0) is 13.8. The lowest BCUT2D eigenvalue weighted by Crippen LogP contribution is -2.23. The lowest BCUT2D eigenvalue weighted by Gasteiger charge is -2.18. The average Bonchev–Trinajstić information content (AvgIpc) is 2.78. The van der Waals surface area contributed by atoms with Gasteiger partial charge in [0.05, 0.1) is 8.26 Å². The number of hydrogen-bond acceptors (Lipinski definition) is 2. The molecule has 0 fully saturated rings. The second kappa shape index (κ2) is 6.97. The number of rotatable bonds is 5. The van der Waals surface area contributed by atoms with Gasteiger partial charge in [-0.1, -0.05) is 19.1 Å². The normalized spacial score (nSPS) is 12.6. The van der Waals surface area contributed by atoms with Crippen LogP contribution in [0.2, 0.25) is 0 Å². The minimum absolute atomic E-state index is 0.00644. The van der Waals surface area contributed by atoms with Crippen LogP contribution in [0.4, 0.5) is 4.39 Å². The smallest absolute Gasteiger partial charge is 0.142 e. The monoisotopic (exact) mass is 405 g/mol. The highest BCUT2D eigenvalue weighted by Gasteiger charge is 2.17.